The summed E-state index contributed by atoms with van der Waals surface area (Å²) >= 11 is 11.4. The van der Waals surface area contributed by atoms with Gasteiger partial charge in [-0.05, 0) is 18.4 Å². The van der Waals surface area contributed by atoms with Gasteiger partial charge < -0.3 is 15.4 Å². The summed E-state index contributed by atoms with van der Waals surface area (Å²) in [6.45, 7) is 3.76. The fraction of sp³-hybridized carbons (Fsp3) is 0.455. The first-order valence-corrected chi connectivity index (χ1v) is 6.14. The van der Waals surface area contributed by atoms with E-state index in [4.69, 9.17) is 28.3 Å². The third kappa shape index (κ3) is 3.92. The van der Waals surface area contributed by atoms with Gasteiger partial charge in [0.05, 0.1) is 5.02 Å². The first-order chi connectivity index (χ1) is 8.31. The second kappa shape index (κ2) is 6.11. The van der Waals surface area contributed by atoms with E-state index in [9.17, 15) is 9.59 Å². The largest absolute Gasteiger partial charge is 0.480 e. The molecule has 0 spiro atoms. The van der Waals surface area contributed by atoms with Gasteiger partial charge in [0, 0.05) is 0 Å². The lowest BCUT2D eigenvalue weighted by Crippen LogP contribution is -2.41. The molecule has 0 saturated heterocycles. The Morgan fingerprint density at radius 3 is 2.44 bits per heavy atom. The van der Waals surface area contributed by atoms with Gasteiger partial charge in [-0.2, -0.15) is 0 Å². The molecule has 3 N–H and O–H groups in total. The molecule has 1 unspecified atom stereocenters. The number of carbonyl (C=O) groups is 2. The van der Waals surface area contributed by atoms with Gasteiger partial charge >= 0.3 is 5.97 Å². The number of aromatic nitrogens is 1. The number of nitrogens with one attached hydrogen (secondary N) is 2. The number of halogens is 2. The first kappa shape index (κ1) is 14.9. The van der Waals surface area contributed by atoms with E-state index in [0.717, 1.165) is 0 Å². The Morgan fingerprint density at radius 2 is 2.06 bits per heavy atom. The van der Waals surface area contributed by atoms with Crippen LogP contribution in [0.25, 0.3) is 0 Å². The van der Waals surface area contributed by atoms with Crippen LogP contribution >= 0.6 is 23.2 Å². The molecule has 0 aromatic carbocycles. The summed E-state index contributed by atoms with van der Waals surface area (Å²) in [6, 6.07) is 0.423. The second-order valence-corrected chi connectivity index (χ2v) is 5.12. The van der Waals surface area contributed by atoms with Crippen molar-refractivity contribution in [2.24, 2.45) is 5.92 Å². The van der Waals surface area contributed by atoms with Crippen molar-refractivity contribution >= 4 is 35.1 Å². The Hall–Kier alpha value is -1.20. The van der Waals surface area contributed by atoms with Gasteiger partial charge in [-0.1, -0.05) is 37.0 Å². The van der Waals surface area contributed by atoms with E-state index in [0.29, 0.717) is 6.42 Å². The lowest BCUT2D eigenvalue weighted by atomic mass is 10.0. The van der Waals surface area contributed by atoms with Crippen LogP contribution in [0.1, 0.15) is 30.8 Å². The highest BCUT2D eigenvalue weighted by Crippen LogP contribution is 2.21. The zero-order valence-electron chi connectivity index (χ0n) is 9.96. The van der Waals surface area contributed by atoms with Crippen molar-refractivity contribution in [3.8, 4) is 0 Å². The highest BCUT2D eigenvalue weighted by atomic mass is 35.5. The number of hydrogen-bond donors (Lipinski definition) is 3. The normalized spacial score (nSPS) is 12.5. The molecule has 0 radical (unpaired) electrons. The van der Waals surface area contributed by atoms with Crippen LogP contribution in [0.15, 0.2) is 6.07 Å². The highest BCUT2D eigenvalue weighted by molar-refractivity contribution is 6.41. The number of rotatable bonds is 5. The molecule has 1 amide bonds. The molecular weight excluding hydrogens is 279 g/mol. The average molecular weight is 293 g/mol. The maximum atomic E-state index is 11.8. The minimum atomic E-state index is -1.07. The second-order valence-electron chi connectivity index (χ2n) is 4.34. The van der Waals surface area contributed by atoms with Gasteiger partial charge in [0.1, 0.15) is 16.9 Å². The fourth-order valence-corrected chi connectivity index (χ4v) is 1.77. The predicted octanol–water partition coefficient (Wildman–Crippen LogP) is 2.55. The Balaban J connectivity index is 2.75. The topological polar surface area (TPSA) is 82.2 Å². The van der Waals surface area contributed by atoms with Gasteiger partial charge in [0.2, 0.25) is 0 Å². The Kier molecular flexibility index (Phi) is 5.04. The van der Waals surface area contributed by atoms with Gasteiger partial charge in [-0.3, -0.25) is 4.79 Å². The maximum absolute atomic E-state index is 11.8. The summed E-state index contributed by atoms with van der Waals surface area (Å²) in [5.74, 6) is -1.46. The molecular formula is C11H14Cl2N2O3. The van der Waals surface area contributed by atoms with Crippen LogP contribution in [0, 0.1) is 5.92 Å². The summed E-state index contributed by atoms with van der Waals surface area (Å²) in [6.07, 6.45) is 0.350. The first-order valence-electron chi connectivity index (χ1n) is 5.39. The molecule has 0 fully saturated rings. The van der Waals surface area contributed by atoms with Crippen molar-refractivity contribution in [2.45, 2.75) is 26.3 Å². The van der Waals surface area contributed by atoms with E-state index in [1.54, 1.807) is 0 Å². The van der Waals surface area contributed by atoms with Crippen molar-refractivity contribution in [3.05, 3.63) is 21.9 Å². The number of carboxylic acids is 1. The van der Waals surface area contributed by atoms with Crippen LogP contribution in [0.5, 0.6) is 0 Å². The number of aliphatic carboxylic acids is 1. The standard InChI is InChI=1S/C11H14Cl2N2O3/c1-5(2)3-8(11(17)18)15-10(16)7-4-6(12)9(13)14-7/h4-5,8,14H,3H2,1-2H3,(H,15,16)(H,17,18). The van der Waals surface area contributed by atoms with E-state index >= 15 is 0 Å². The fourth-order valence-electron chi connectivity index (χ4n) is 1.46. The highest BCUT2D eigenvalue weighted by Gasteiger charge is 2.22. The smallest absolute Gasteiger partial charge is 0.326 e. The molecule has 5 nitrogen and oxygen atoms in total. The lowest BCUT2D eigenvalue weighted by molar-refractivity contribution is -0.139. The van der Waals surface area contributed by atoms with Gasteiger partial charge in [0.15, 0.2) is 0 Å². The van der Waals surface area contributed by atoms with Gasteiger partial charge in [-0.25, -0.2) is 4.79 Å². The van der Waals surface area contributed by atoms with Crippen molar-refractivity contribution in [2.75, 3.05) is 0 Å². The van der Waals surface area contributed by atoms with E-state index in [1.165, 1.54) is 6.07 Å². The molecule has 0 aliphatic heterocycles. The van der Waals surface area contributed by atoms with Gasteiger partial charge in [0.25, 0.3) is 5.91 Å². The third-order valence-corrected chi connectivity index (χ3v) is 2.97. The number of carbonyl (C=O) groups excluding carboxylic acids is 1. The van der Waals surface area contributed by atoms with Gasteiger partial charge in [-0.15, -0.1) is 0 Å². The Morgan fingerprint density at radius 1 is 1.44 bits per heavy atom. The molecule has 7 heteroatoms. The molecule has 1 aromatic heterocycles. The Labute approximate surface area is 114 Å². The molecule has 0 bridgehead atoms. The zero-order valence-corrected chi connectivity index (χ0v) is 11.5. The Bertz CT molecular complexity index is 438. The SMILES string of the molecule is CC(C)CC(NC(=O)c1cc(Cl)c(Cl)[nH]1)C(=O)O. The number of amides is 1. The molecule has 0 aliphatic rings. The number of H-pyrrole nitrogens is 1. The molecule has 1 atom stereocenters. The summed E-state index contributed by atoms with van der Waals surface area (Å²) in [5.41, 5.74) is 0.139. The van der Waals surface area contributed by atoms with E-state index in [2.05, 4.69) is 10.3 Å². The van der Waals surface area contributed by atoms with Crippen LogP contribution in [-0.4, -0.2) is 28.0 Å². The van der Waals surface area contributed by atoms with Crippen molar-refractivity contribution < 1.29 is 14.7 Å². The van der Waals surface area contributed by atoms with Crippen LogP contribution in [0.2, 0.25) is 10.2 Å². The monoisotopic (exact) mass is 292 g/mol. The lowest BCUT2D eigenvalue weighted by Gasteiger charge is -2.15. The summed E-state index contributed by atoms with van der Waals surface area (Å²) in [5, 5.41) is 11.8. The minimum absolute atomic E-state index is 0.139. The van der Waals surface area contributed by atoms with Crippen molar-refractivity contribution in [1.82, 2.24) is 10.3 Å². The zero-order chi connectivity index (χ0) is 13.9. The van der Waals surface area contributed by atoms with E-state index in [1.807, 2.05) is 13.8 Å². The predicted molar refractivity (Wildman–Crippen MR) is 69.2 cm³/mol. The molecule has 18 heavy (non-hydrogen) atoms. The van der Waals surface area contributed by atoms with Crippen LogP contribution in [0.3, 0.4) is 0 Å². The van der Waals surface area contributed by atoms with E-state index < -0.39 is 17.9 Å². The van der Waals surface area contributed by atoms with Crippen LogP contribution in [0.4, 0.5) is 0 Å². The number of hydrogen-bond acceptors (Lipinski definition) is 2. The quantitative estimate of drug-likeness (QED) is 0.780. The maximum Gasteiger partial charge on any atom is 0.326 e. The van der Waals surface area contributed by atoms with E-state index in [-0.39, 0.29) is 21.8 Å². The molecule has 1 heterocycles. The van der Waals surface area contributed by atoms with Crippen molar-refractivity contribution in [3.63, 3.8) is 0 Å². The molecule has 0 saturated carbocycles. The van der Waals surface area contributed by atoms with Crippen LogP contribution in [-0.2, 0) is 4.79 Å². The molecule has 1 aromatic rings. The molecule has 100 valence electrons. The number of aromatic amines is 1. The summed E-state index contributed by atoms with van der Waals surface area (Å²) in [7, 11) is 0. The molecule has 0 aliphatic carbocycles. The third-order valence-electron chi connectivity index (χ3n) is 2.28. The summed E-state index contributed by atoms with van der Waals surface area (Å²) in [4.78, 5) is 25.4. The van der Waals surface area contributed by atoms with Crippen molar-refractivity contribution in [1.29, 1.82) is 0 Å². The number of carboxylic acid groups (broad SMARTS) is 1. The average Bonchev–Trinajstić information content (AvgIpc) is 2.57. The summed E-state index contributed by atoms with van der Waals surface area (Å²) < 4.78 is 0. The molecule has 1 rings (SSSR count). The van der Waals surface area contributed by atoms with Crippen LogP contribution < -0.4 is 5.32 Å². The minimum Gasteiger partial charge on any atom is -0.480 e.